The number of anilines is 1. The molecule has 3 amide bonds. The number of carbonyl (C=O) groups is 2. The van der Waals surface area contributed by atoms with Crippen molar-refractivity contribution in [1.82, 2.24) is 19.7 Å². The zero-order valence-electron chi connectivity index (χ0n) is 23.0. The lowest BCUT2D eigenvalue weighted by Gasteiger charge is -2.51. The van der Waals surface area contributed by atoms with Crippen LogP contribution in [0.15, 0.2) is 48.7 Å². The predicted molar refractivity (Wildman–Crippen MR) is 148 cm³/mol. The first-order valence-electron chi connectivity index (χ1n) is 13.9. The molecule has 3 aliphatic rings. The number of methoxy groups -OCH3 is 1. The smallest absolute Gasteiger partial charge is 0.320 e. The van der Waals surface area contributed by atoms with Gasteiger partial charge in [0.2, 0.25) is 11.8 Å². The molecule has 1 saturated heterocycles. The minimum Gasteiger partial charge on any atom is -0.481 e. The number of ether oxygens (including phenoxy) is 1. The molecular weight excluding hydrogens is 478 g/mol. The third-order valence-electron chi connectivity index (χ3n) is 9.24. The van der Waals surface area contributed by atoms with Crippen LogP contribution in [-0.4, -0.2) is 78.0 Å². The number of rotatable bonds is 9. The second kappa shape index (κ2) is 10.9. The Morgan fingerprint density at radius 1 is 1.13 bits per heavy atom. The Balaban J connectivity index is 1.28. The van der Waals surface area contributed by atoms with Gasteiger partial charge in [-0.15, -0.1) is 0 Å². The van der Waals surface area contributed by atoms with Crippen LogP contribution in [0.3, 0.4) is 0 Å². The standard InChI is InChI=1S/C30H41N5O3/c1-33(2)30(24-10-5-4-6-11-24)16-14-29(15-17-30)22-34(28(37)35(29)21-23-8-7-9-23)19-13-26(36)32-25-12-18-31-27(20-25)38-3/h4-6,10-12,18,20,23H,7-9,13-17,19,21-22H2,1-3H3,(H,31,32,36)/t29-,30-. The molecule has 5 rings (SSSR count). The number of urea groups is 1. The van der Waals surface area contributed by atoms with Crippen LogP contribution in [0.2, 0.25) is 0 Å². The summed E-state index contributed by atoms with van der Waals surface area (Å²) in [7, 11) is 5.91. The quantitative estimate of drug-likeness (QED) is 0.518. The minimum atomic E-state index is -0.157. The Kier molecular flexibility index (Phi) is 7.61. The van der Waals surface area contributed by atoms with Crippen LogP contribution in [0.25, 0.3) is 0 Å². The van der Waals surface area contributed by atoms with E-state index in [0.717, 1.165) is 32.2 Å². The fourth-order valence-electron chi connectivity index (χ4n) is 6.62. The number of nitrogens with one attached hydrogen (secondary N) is 1. The normalized spacial score (nSPS) is 25.6. The van der Waals surface area contributed by atoms with Gasteiger partial charge in [-0.1, -0.05) is 36.8 Å². The molecule has 204 valence electrons. The van der Waals surface area contributed by atoms with E-state index in [2.05, 4.69) is 64.5 Å². The van der Waals surface area contributed by atoms with E-state index >= 15 is 0 Å². The van der Waals surface area contributed by atoms with E-state index in [9.17, 15) is 9.59 Å². The van der Waals surface area contributed by atoms with Gasteiger partial charge >= 0.3 is 6.03 Å². The van der Waals surface area contributed by atoms with Crippen LogP contribution in [0.1, 0.15) is 56.9 Å². The molecule has 1 aliphatic heterocycles. The number of aromatic nitrogens is 1. The highest BCUT2D eigenvalue weighted by Gasteiger charge is 2.54. The molecule has 0 atom stereocenters. The fourth-order valence-corrected chi connectivity index (χ4v) is 6.62. The van der Waals surface area contributed by atoms with Gasteiger partial charge in [0, 0.05) is 49.5 Å². The molecule has 38 heavy (non-hydrogen) atoms. The summed E-state index contributed by atoms with van der Waals surface area (Å²) in [6.07, 6.45) is 9.51. The molecule has 1 spiro atoms. The number of hydrogen-bond acceptors (Lipinski definition) is 5. The highest BCUT2D eigenvalue weighted by atomic mass is 16.5. The van der Waals surface area contributed by atoms with E-state index < -0.39 is 0 Å². The van der Waals surface area contributed by atoms with Gasteiger partial charge in [-0.25, -0.2) is 9.78 Å². The molecule has 2 aliphatic carbocycles. The lowest BCUT2D eigenvalue weighted by Crippen LogP contribution is -2.56. The lowest BCUT2D eigenvalue weighted by molar-refractivity contribution is -0.116. The summed E-state index contributed by atoms with van der Waals surface area (Å²) in [6.45, 7) is 1.97. The molecular formula is C30H41N5O3. The first kappa shape index (κ1) is 26.5. The summed E-state index contributed by atoms with van der Waals surface area (Å²) in [6, 6.07) is 14.4. The van der Waals surface area contributed by atoms with Crippen molar-refractivity contribution >= 4 is 17.6 Å². The highest BCUT2D eigenvalue weighted by molar-refractivity contribution is 5.91. The third-order valence-corrected chi connectivity index (χ3v) is 9.24. The second-order valence-electron chi connectivity index (χ2n) is 11.5. The highest BCUT2D eigenvalue weighted by Crippen LogP contribution is 2.49. The van der Waals surface area contributed by atoms with E-state index in [1.165, 1.54) is 24.8 Å². The average Bonchev–Trinajstić information content (AvgIpc) is 3.16. The van der Waals surface area contributed by atoms with Crippen molar-refractivity contribution < 1.29 is 14.3 Å². The van der Waals surface area contributed by atoms with Crippen molar-refractivity contribution in [1.29, 1.82) is 0 Å². The van der Waals surface area contributed by atoms with Crippen LogP contribution in [0.4, 0.5) is 10.5 Å². The number of amides is 3. The van der Waals surface area contributed by atoms with Crippen LogP contribution >= 0.6 is 0 Å². The fraction of sp³-hybridized carbons (Fsp3) is 0.567. The maximum Gasteiger partial charge on any atom is 0.320 e. The van der Waals surface area contributed by atoms with Gasteiger partial charge in [-0.3, -0.25) is 9.69 Å². The first-order chi connectivity index (χ1) is 18.3. The third kappa shape index (κ3) is 5.10. The molecule has 1 N–H and O–H groups in total. The van der Waals surface area contributed by atoms with Gasteiger partial charge in [0.15, 0.2) is 0 Å². The van der Waals surface area contributed by atoms with E-state index in [1.54, 1.807) is 25.4 Å². The number of hydrogen-bond donors (Lipinski definition) is 1. The Labute approximate surface area is 226 Å². The molecule has 2 heterocycles. The topological polar surface area (TPSA) is 78.0 Å². The SMILES string of the molecule is COc1cc(NC(=O)CCN2C[C@]3(CC[C@@](c4ccccc4)(N(C)C)CC3)N(CC3CCC3)C2=O)ccn1. The van der Waals surface area contributed by atoms with Gasteiger partial charge in [0.05, 0.1) is 12.6 Å². The van der Waals surface area contributed by atoms with Crippen molar-refractivity contribution in [3.05, 3.63) is 54.2 Å². The summed E-state index contributed by atoms with van der Waals surface area (Å²) in [5.41, 5.74) is 1.83. The molecule has 8 nitrogen and oxygen atoms in total. The Morgan fingerprint density at radius 2 is 1.87 bits per heavy atom. The lowest BCUT2D eigenvalue weighted by atomic mass is 9.68. The average molecular weight is 520 g/mol. The van der Waals surface area contributed by atoms with E-state index in [1.807, 2.05) is 4.90 Å². The monoisotopic (exact) mass is 519 g/mol. The molecule has 1 aromatic heterocycles. The van der Waals surface area contributed by atoms with Crippen LogP contribution in [-0.2, 0) is 10.3 Å². The number of carbonyl (C=O) groups excluding carboxylic acids is 2. The summed E-state index contributed by atoms with van der Waals surface area (Å²) in [4.78, 5) is 37.1. The van der Waals surface area contributed by atoms with Gasteiger partial charge < -0.3 is 19.9 Å². The number of nitrogens with zero attached hydrogens (tertiary/aromatic N) is 4. The number of pyridine rings is 1. The van der Waals surface area contributed by atoms with Crippen LogP contribution in [0.5, 0.6) is 5.88 Å². The molecule has 2 saturated carbocycles. The minimum absolute atomic E-state index is 0.0173. The largest absolute Gasteiger partial charge is 0.481 e. The van der Waals surface area contributed by atoms with Crippen molar-refractivity contribution in [2.24, 2.45) is 5.92 Å². The van der Waals surface area contributed by atoms with Gasteiger partial charge in [-0.05, 0) is 70.2 Å². The van der Waals surface area contributed by atoms with Gasteiger partial charge in [0.1, 0.15) is 0 Å². The van der Waals surface area contributed by atoms with Crippen molar-refractivity contribution in [3.8, 4) is 5.88 Å². The summed E-state index contributed by atoms with van der Waals surface area (Å²) in [5.74, 6) is 0.944. The molecule has 0 unspecified atom stereocenters. The molecule has 0 bridgehead atoms. The number of benzene rings is 1. The van der Waals surface area contributed by atoms with E-state index in [4.69, 9.17) is 4.74 Å². The van der Waals surface area contributed by atoms with Crippen molar-refractivity contribution in [3.63, 3.8) is 0 Å². The van der Waals surface area contributed by atoms with Gasteiger partial charge in [-0.2, -0.15) is 0 Å². The predicted octanol–water partition coefficient (Wildman–Crippen LogP) is 4.73. The first-order valence-corrected chi connectivity index (χ1v) is 13.9. The van der Waals surface area contributed by atoms with Crippen molar-refractivity contribution in [2.75, 3.05) is 46.2 Å². The summed E-state index contributed by atoms with van der Waals surface area (Å²) in [5, 5.41) is 2.91. The van der Waals surface area contributed by atoms with Crippen molar-refractivity contribution in [2.45, 2.75) is 62.4 Å². The summed E-state index contributed by atoms with van der Waals surface area (Å²) < 4.78 is 5.15. The molecule has 2 aromatic rings. The summed E-state index contributed by atoms with van der Waals surface area (Å²) >= 11 is 0. The Hall–Kier alpha value is -3.13. The zero-order chi connectivity index (χ0) is 26.8. The second-order valence-corrected chi connectivity index (χ2v) is 11.5. The van der Waals surface area contributed by atoms with Gasteiger partial charge in [0.25, 0.3) is 0 Å². The van der Waals surface area contributed by atoms with E-state index in [0.29, 0.717) is 30.6 Å². The van der Waals surface area contributed by atoms with Crippen LogP contribution in [0, 0.1) is 5.92 Å². The van der Waals surface area contributed by atoms with Crippen LogP contribution < -0.4 is 10.1 Å². The maximum absolute atomic E-state index is 13.8. The van der Waals surface area contributed by atoms with E-state index in [-0.39, 0.29) is 29.4 Å². The molecule has 8 heteroatoms. The maximum atomic E-state index is 13.8. The molecule has 1 aromatic carbocycles. The molecule has 3 fully saturated rings. The zero-order valence-corrected chi connectivity index (χ0v) is 23.0. The molecule has 0 radical (unpaired) electrons. The Morgan fingerprint density at radius 3 is 2.50 bits per heavy atom. The Bertz CT molecular complexity index is 1130.